The molecule has 1 heterocycles. The van der Waals surface area contributed by atoms with Gasteiger partial charge in [-0.2, -0.15) is 0 Å². The van der Waals surface area contributed by atoms with E-state index in [0.29, 0.717) is 11.5 Å². The molecule has 1 aromatic heterocycles. The lowest BCUT2D eigenvalue weighted by atomic mass is 10.1. The quantitative estimate of drug-likeness (QED) is 0.783. The van der Waals surface area contributed by atoms with Crippen LogP contribution in [-0.2, 0) is 7.05 Å². The number of aryl methyl sites for hydroxylation is 1. The second-order valence-electron chi connectivity index (χ2n) is 4.86. The fourth-order valence-electron chi connectivity index (χ4n) is 2.02. The first-order valence-corrected chi connectivity index (χ1v) is 4.99. The van der Waals surface area contributed by atoms with Gasteiger partial charge in [-0.3, -0.25) is 0 Å². The van der Waals surface area contributed by atoms with Gasteiger partial charge in [-0.05, 0) is 35.1 Å². The van der Waals surface area contributed by atoms with Crippen molar-refractivity contribution >= 4 is 5.95 Å². The third-order valence-corrected chi connectivity index (χ3v) is 3.17. The van der Waals surface area contributed by atoms with Gasteiger partial charge < -0.3 is 5.32 Å². The van der Waals surface area contributed by atoms with Crippen molar-refractivity contribution in [1.29, 1.82) is 0 Å². The summed E-state index contributed by atoms with van der Waals surface area (Å²) >= 11 is 0. The number of hydrogen-bond acceptors (Lipinski definition) is 4. The lowest BCUT2D eigenvalue weighted by Crippen LogP contribution is -2.22. The van der Waals surface area contributed by atoms with Crippen LogP contribution in [-0.4, -0.2) is 26.2 Å². The van der Waals surface area contributed by atoms with Crippen molar-refractivity contribution in [2.24, 2.45) is 18.4 Å². The number of nitrogens with zero attached hydrogens (tertiary/aromatic N) is 4. The summed E-state index contributed by atoms with van der Waals surface area (Å²) in [5, 5.41) is 14.6. The summed E-state index contributed by atoms with van der Waals surface area (Å²) in [6.45, 7) is 6.78. The molecule has 1 N–H and O–H groups in total. The molecule has 0 radical (unpaired) electrons. The van der Waals surface area contributed by atoms with Gasteiger partial charge in [0.1, 0.15) is 0 Å². The normalized spacial score (nSPS) is 25.9. The maximum absolute atomic E-state index is 3.90. The Balaban J connectivity index is 1.96. The highest BCUT2D eigenvalue weighted by molar-refractivity contribution is 5.25. The second kappa shape index (κ2) is 2.93. The zero-order chi connectivity index (χ0) is 10.3. The summed E-state index contributed by atoms with van der Waals surface area (Å²) in [5.74, 6) is 1.49. The van der Waals surface area contributed by atoms with Crippen LogP contribution in [0.3, 0.4) is 0 Å². The van der Waals surface area contributed by atoms with Gasteiger partial charge in [0.15, 0.2) is 0 Å². The van der Waals surface area contributed by atoms with Crippen LogP contribution in [0.2, 0.25) is 0 Å². The summed E-state index contributed by atoms with van der Waals surface area (Å²) in [4.78, 5) is 0. The molecular weight excluding hydrogens is 178 g/mol. The molecule has 5 nitrogen and oxygen atoms in total. The summed E-state index contributed by atoms with van der Waals surface area (Å²) in [5.41, 5.74) is 0.485. The van der Waals surface area contributed by atoms with E-state index in [1.54, 1.807) is 4.68 Å². The molecular formula is C9H17N5. The molecule has 0 spiro atoms. The van der Waals surface area contributed by atoms with E-state index in [1.165, 1.54) is 6.42 Å². The van der Waals surface area contributed by atoms with Crippen LogP contribution in [0.1, 0.15) is 27.2 Å². The number of nitrogens with one attached hydrogen (secondary N) is 1. The number of anilines is 1. The molecule has 0 aromatic carbocycles. The Morgan fingerprint density at radius 1 is 1.57 bits per heavy atom. The third kappa shape index (κ3) is 1.58. The molecule has 2 unspecified atom stereocenters. The van der Waals surface area contributed by atoms with Gasteiger partial charge >= 0.3 is 0 Å². The van der Waals surface area contributed by atoms with Crippen LogP contribution in [0.4, 0.5) is 5.95 Å². The van der Waals surface area contributed by atoms with E-state index in [-0.39, 0.29) is 0 Å². The Kier molecular flexibility index (Phi) is 1.97. The monoisotopic (exact) mass is 195 g/mol. The number of hydrogen-bond donors (Lipinski definition) is 1. The predicted octanol–water partition coefficient (Wildman–Crippen LogP) is 1.06. The summed E-state index contributed by atoms with van der Waals surface area (Å²) < 4.78 is 1.66. The average Bonchev–Trinajstić information content (AvgIpc) is 2.54. The first-order valence-electron chi connectivity index (χ1n) is 4.99. The van der Waals surface area contributed by atoms with Crippen molar-refractivity contribution in [1.82, 2.24) is 20.2 Å². The first kappa shape index (κ1) is 9.43. The van der Waals surface area contributed by atoms with Crippen molar-refractivity contribution in [3.8, 4) is 0 Å². The Hall–Kier alpha value is -1.13. The molecule has 0 bridgehead atoms. The Bertz CT molecular complexity index is 330. The third-order valence-electron chi connectivity index (χ3n) is 3.17. The van der Waals surface area contributed by atoms with Crippen molar-refractivity contribution in [2.75, 3.05) is 5.32 Å². The van der Waals surface area contributed by atoms with Gasteiger partial charge in [0.2, 0.25) is 5.95 Å². The molecule has 1 aliphatic carbocycles. The minimum Gasteiger partial charge on any atom is -0.350 e. The highest BCUT2D eigenvalue weighted by Gasteiger charge is 2.48. The van der Waals surface area contributed by atoms with Crippen molar-refractivity contribution in [2.45, 2.75) is 33.2 Å². The highest BCUT2D eigenvalue weighted by atomic mass is 15.6. The molecule has 14 heavy (non-hydrogen) atoms. The molecule has 0 aliphatic heterocycles. The Labute approximate surface area is 83.9 Å². The number of rotatable bonds is 3. The largest absolute Gasteiger partial charge is 0.350 e. The molecule has 2 atom stereocenters. The molecule has 1 fully saturated rings. The Morgan fingerprint density at radius 3 is 2.64 bits per heavy atom. The zero-order valence-corrected chi connectivity index (χ0v) is 9.15. The maximum atomic E-state index is 3.90. The smallest absolute Gasteiger partial charge is 0.242 e. The van der Waals surface area contributed by atoms with Crippen LogP contribution in [0.25, 0.3) is 0 Å². The zero-order valence-electron chi connectivity index (χ0n) is 9.15. The van der Waals surface area contributed by atoms with E-state index in [1.807, 2.05) is 7.05 Å². The van der Waals surface area contributed by atoms with E-state index in [9.17, 15) is 0 Å². The maximum Gasteiger partial charge on any atom is 0.242 e. The second-order valence-corrected chi connectivity index (χ2v) is 4.86. The van der Waals surface area contributed by atoms with Crippen LogP contribution in [0.15, 0.2) is 0 Å². The molecule has 1 saturated carbocycles. The predicted molar refractivity (Wildman–Crippen MR) is 53.8 cm³/mol. The van der Waals surface area contributed by atoms with E-state index in [4.69, 9.17) is 0 Å². The van der Waals surface area contributed by atoms with Gasteiger partial charge in [-0.25, -0.2) is 4.68 Å². The van der Waals surface area contributed by atoms with Crippen molar-refractivity contribution in [3.63, 3.8) is 0 Å². The topological polar surface area (TPSA) is 55.6 Å². The number of tetrazole rings is 1. The van der Waals surface area contributed by atoms with Crippen LogP contribution in [0.5, 0.6) is 0 Å². The number of aromatic nitrogens is 4. The summed E-state index contributed by atoms with van der Waals surface area (Å²) in [6, 6.07) is 0.440. The summed E-state index contributed by atoms with van der Waals surface area (Å²) in [7, 11) is 1.84. The highest BCUT2D eigenvalue weighted by Crippen LogP contribution is 2.53. The molecule has 0 amide bonds. The van der Waals surface area contributed by atoms with Gasteiger partial charge in [0.25, 0.3) is 0 Å². The first-order chi connectivity index (χ1) is 6.50. The van der Waals surface area contributed by atoms with E-state index in [0.717, 1.165) is 11.9 Å². The molecule has 78 valence electrons. The van der Waals surface area contributed by atoms with E-state index >= 15 is 0 Å². The average molecular weight is 195 g/mol. The minimum atomic E-state index is 0.440. The van der Waals surface area contributed by atoms with Gasteiger partial charge in [0, 0.05) is 13.1 Å². The van der Waals surface area contributed by atoms with E-state index < -0.39 is 0 Å². The van der Waals surface area contributed by atoms with Gasteiger partial charge in [-0.1, -0.05) is 18.9 Å². The molecule has 1 aromatic rings. The molecule has 0 saturated heterocycles. The van der Waals surface area contributed by atoms with Gasteiger partial charge in [-0.15, -0.1) is 0 Å². The van der Waals surface area contributed by atoms with Crippen LogP contribution < -0.4 is 5.32 Å². The minimum absolute atomic E-state index is 0.440. The molecule has 2 rings (SSSR count). The van der Waals surface area contributed by atoms with Crippen molar-refractivity contribution in [3.05, 3.63) is 0 Å². The standard InChI is InChI=1S/C9H17N5/c1-6(7-5-9(7,2)3)10-8-11-12-13-14(8)4/h6-7H,5H2,1-4H3,(H,10,11,13). The lowest BCUT2D eigenvalue weighted by Gasteiger charge is -2.14. The Morgan fingerprint density at radius 2 is 2.21 bits per heavy atom. The fraction of sp³-hybridized carbons (Fsp3) is 0.889. The summed E-state index contributed by atoms with van der Waals surface area (Å²) in [6.07, 6.45) is 1.28. The SMILES string of the molecule is CC(Nc1nnnn1C)C1CC1(C)C. The van der Waals surface area contributed by atoms with Crippen molar-refractivity contribution < 1.29 is 0 Å². The molecule has 1 aliphatic rings. The lowest BCUT2D eigenvalue weighted by molar-refractivity contribution is 0.515. The van der Waals surface area contributed by atoms with Crippen LogP contribution in [0, 0.1) is 11.3 Å². The fourth-order valence-corrected chi connectivity index (χ4v) is 2.02. The van der Waals surface area contributed by atoms with E-state index in [2.05, 4.69) is 41.6 Å². The van der Waals surface area contributed by atoms with Gasteiger partial charge in [0.05, 0.1) is 0 Å². The molecule has 5 heteroatoms. The van der Waals surface area contributed by atoms with Crippen LogP contribution >= 0.6 is 0 Å².